The van der Waals surface area contributed by atoms with E-state index in [-0.39, 0.29) is 17.6 Å². The van der Waals surface area contributed by atoms with Crippen molar-refractivity contribution in [3.05, 3.63) is 12.2 Å². The van der Waals surface area contributed by atoms with E-state index in [0.717, 1.165) is 6.42 Å². The van der Waals surface area contributed by atoms with Crippen LogP contribution in [0, 0.1) is 0 Å². The highest BCUT2D eigenvalue weighted by Gasteiger charge is 2.35. The fraction of sp³-hybridized carbons (Fsp3) is 0.500. The number of rotatable bonds is 2. The van der Waals surface area contributed by atoms with E-state index in [4.69, 9.17) is 5.11 Å². The molecule has 1 rings (SSSR count). The van der Waals surface area contributed by atoms with Crippen molar-refractivity contribution in [3.8, 4) is 0 Å². The smallest absolute Gasteiger partial charge is 0.348 e. The lowest BCUT2D eigenvalue weighted by molar-refractivity contribution is -0.132. The van der Waals surface area contributed by atoms with E-state index in [0.29, 0.717) is 0 Å². The lowest BCUT2D eigenvalue weighted by Crippen LogP contribution is -1.92. The third kappa shape index (κ3) is 4.49. The molecule has 0 aromatic rings. The Labute approximate surface area is 70.8 Å². The normalized spacial score (nSPS) is 18.5. The third-order valence-electron chi connectivity index (χ3n) is 1.20. The van der Waals surface area contributed by atoms with E-state index in [1.54, 1.807) is 0 Å². The van der Waals surface area contributed by atoms with Gasteiger partial charge in [-0.05, 0) is 13.3 Å². The molecule has 0 aromatic heterocycles. The maximum Gasteiger partial charge on any atom is 0.348 e. The van der Waals surface area contributed by atoms with Crippen molar-refractivity contribution in [2.75, 3.05) is 0 Å². The minimum Gasteiger partial charge on any atom is -0.478 e. The molecule has 1 heterocycles. The van der Waals surface area contributed by atoms with Crippen molar-refractivity contribution in [1.29, 1.82) is 0 Å². The summed E-state index contributed by atoms with van der Waals surface area (Å²) in [4.78, 5) is 19.5. The number of carbonyl (C=O) groups excluding carboxylic acids is 1. The van der Waals surface area contributed by atoms with Crippen LogP contribution in [0.15, 0.2) is 12.2 Å². The fourth-order valence-electron chi connectivity index (χ4n) is 0.356. The molecule has 4 nitrogen and oxygen atoms in total. The van der Waals surface area contributed by atoms with Gasteiger partial charge in [-0.3, -0.25) is 0 Å². The molecule has 1 fully saturated rings. The molecule has 1 aliphatic rings. The first-order chi connectivity index (χ1) is 5.49. The number of cyclic esters (lactones) is 1. The monoisotopic (exact) mass is 172 g/mol. The summed E-state index contributed by atoms with van der Waals surface area (Å²) in [5.74, 6) is -0.979. The number of carboxylic acids is 1. The molecule has 4 heteroatoms. The van der Waals surface area contributed by atoms with E-state index >= 15 is 0 Å². The lowest BCUT2D eigenvalue weighted by atomic mass is 10.4. The molecule has 0 aliphatic carbocycles. The van der Waals surface area contributed by atoms with Gasteiger partial charge in [-0.2, -0.15) is 0 Å². The summed E-state index contributed by atoms with van der Waals surface area (Å²) in [5, 5.41) is 7.89. The summed E-state index contributed by atoms with van der Waals surface area (Å²) in [6.45, 7) is 6.53. The average Bonchev–Trinajstić information content (AvgIpc) is 2.67. The molecule has 0 bridgehead atoms. The summed E-state index contributed by atoms with van der Waals surface area (Å²) in [5.41, 5.74) is 0.176. The molecule has 1 N–H and O–H groups in total. The zero-order valence-electron chi connectivity index (χ0n) is 7.16. The van der Waals surface area contributed by atoms with Crippen LogP contribution < -0.4 is 0 Å². The Kier molecular flexibility index (Phi) is 4.04. The molecule has 1 unspecified atom stereocenters. The topological polar surface area (TPSA) is 66.9 Å². The minimum absolute atomic E-state index is 0.0370. The maximum atomic E-state index is 9.90. The Morgan fingerprint density at radius 2 is 2.08 bits per heavy atom. The van der Waals surface area contributed by atoms with Crippen molar-refractivity contribution in [1.82, 2.24) is 0 Å². The van der Waals surface area contributed by atoms with Crippen LogP contribution in [-0.4, -0.2) is 23.1 Å². The molecule has 1 atom stereocenters. The van der Waals surface area contributed by atoms with Crippen LogP contribution in [0.1, 0.15) is 20.3 Å². The zero-order chi connectivity index (χ0) is 9.72. The molecular formula is C8H12O4. The second-order valence-electron chi connectivity index (χ2n) is 2.42. The van der Waals surface area contributed by atoms with Crippen molar-refractivity contribution < 1.29 is 19.4 Å². The van der Waals surface area contributed by atoms with Gasteiger partial charge in [0.05, 0.1) is 0 Å². The van der Waals surface area contributed by atoms with Gasteiger partial charge in [0.25, 0.3) is 0 Å². The van der Waals surface area contributed by atoms with E-state index in [1.807, 2.05) is 6.92 Å². The first-order valence-corrected chi connectivity index (χ1v) is 3.58. The van der Waals surface area contributed by atoms with E-state index in [1.165, 1.54) is 6.92 Å². The first kappa shape index (κ1) is 10.7. The van der Waals surface area contributed by atoms with Gasteiger partial charge >= 0.3 is 11.9 Å². The summed E-state index contributed by atoms with van der Waals surface area (Å²) in [6, 6.07) is 0. The van der Waals surface area contributed by atoms with Crippen molar-refractivity contribution in [2.24, 2.45) is 0 Å². The SMILES string of the molecule is C=C(C)C(=O)O.CCC1OC1=O. The van der Waals surface area contributed by atoms with Gasteiger partial charge in [0.1, 0.15) is 0 Å². The van der Waals surface area contributed by atoms with Crippen LogP contribution in [0.4, 0.5) is 0 Å². The highest BCUT2D eigenvalue weighted by atomic mass is 16.6. The second kappa shape index (κ2) is 4.54. The van der Waals surface area contributed by atoms with Crippen LogP contribution in [-0.2, 0) is 14.3 Å². The largest absolute Gasteiger partial charge is 0.478 e. The summed E-state index contributed by atoms with van der Waals surface area (Å²) in [7, 11) is 0. The molecule has 1 saturated heterocycles. The number of carboxylic acid groups (broad SMARTS) is 1. The van der Waals surface area contributed by atoms with Crippen LogP contribution in [0.2, 0.25) is 0 Å². The van der Waals surface area contributed by atoms with Gasteiger partial charge in [-0.25, -0.2) is 9.59 Å². The molecule has 68 valence electrons. The number of hydrogen-bond donors (Lipinski definition) is 1. The quantitative estimate of drug-likeness (QED) is 0.497. The van der Waals surface area contributed by atoms with E-state index in [9.17, 15) is 9.59 Å². The molecule has 0 spiro atoms. The Morgan fingerprint density at radius 3 is 2.08 bits per heavy atom. The average molecular weight is 172 g/mol. The Hall–Kier alpha value is -1.32. The number of hydrogen-bond acceptors (Lipinski definition) is 3. The Bertz CT molecular complexity index is 195. The highest BCUT2D eigenvalue weighted by Crippen LogP contribution is 2.14. The van der Waals surface area contributed by atoms with E-state index < -0.39 is 5.97 Å². The van der Waals surface area contributed by atoms with Gasteiger partial charge < -0.3 is 9.84 Å². The molecular weight excluding hydrogens is 160 g/mol. The number of carbonyl (C=O) groups is 2. The second-order valence-corrected chi connectivity index (χ2v) is 2.42. The summed E-state index contributed by atoms with van der Waals surface area (Å²) < 4.78 is 4.43. The predicted molar refractivity (Wildman–Crippen MR) is 42.6 cm³/mol. The van der Waals surface area contributed by atoms with E-state index in [2.05, 4.69) is 11.3 Å². The maximum absolute atomic E-state index is 9.90. The standard InChI is InChI=1S/2C4H6O2/c1-2-3-4(5)6-3;1-3(2)4(5)6/h3H,2H2,1H3;1H2,2H3,(H,5,6). The lowest BCUT2D eigenvalue weighted by Gasteiger charge is -1.79. The van der Waals surface area contributed by atoms with Gasteiger partial charge in [0, 0.05) is 5.57 Å². The Morgan fingerprint density at radius 1 is 1.75 bits per heavy atom. The molecule has 0 amide bonds. The number of epoxide rings is 1. The molecule has 1 aliphatic heterocycles. The first-order valence-electron chi connectivity index (χ1n) is 3.58. The zero-order valence-corrected chi connectivity index (χ0v) is 7.16. The van der Waals surface area contributed by atoms with Crippen LogP contribution in [0.3, 0.4) is 0 Å². The van der Waals surface area contributed by atoms with Crippen molar-refractivity contribution in [3.63, 3.8) is 0 Å². The number of aliphatic carboxylic acids is 1. The minimum atomic E-state index is -0.935. The summed E-state index contributed by atoms with van der Waals surface area (Å²) in [6.07, 6.45) is 0.795. The molecule has 12 heavy (non-hydrogen) atoms. The van der Waals surface area contributed by atoms with Gasteiger partial charge in [-0.15, -0.1) is 0 Å². The Balaban J connectivity index is 0.000000202. The number of ether oxygens (including phenoxy) is 1. The van der Waals surface area contributed by atoms with Crippen LogP contribution in [0.25, 0.3) is 0 Å². The third-order valence-corrected chi connectivity index (χ3v) is 1.20. The fourth-order valence-corrected chi connectivity index (χ4v) is 0.356. The van der Waals surface area contributed by atoms with Crippen LogP contribution >= 0.6 is 0 Å². The summed E-state index contributed by atoms with van der Waals surface area (Å²) >= 11 is 0. The van der Waals surface area contributed by atoms with Crippen molar-refractivity contribution >= 4 is 11.9 Å². The van der Waals surface area contributed by atoms with Gasteiger partial charge in [-0.1, -0.05) is 13.5 Å². The van der Waals surface area contributed by atoms with Gasteiger partial charge in [0.2, 0.25) is 0 Å². The van der Waals surface area contributed by atoms with Gasteiger partial charge in [0.15, 0.2) is 6.10 Å². The molecule has 0 aromatic carbocycles. The van der Waals surface area contributed by atoms with Crippen molar-refractivity contribution in [2.45, 2.75) is 26.4 Å². The highest BCUT2D eigenvalue weighted by molar-refractivity contribution is 5.87. The molecule has 0 saturated carbocycles. The van der Waals surface area contributed by atoms with Crippen LogP contribution in [0.5, 0.6) is 0 Å². The molecule has 0 radical (unpaired) electrons. The predicted octanol–water partition coefficient (Wildman–Crippen LogP) is 0.969.